The van der Waals surface area contributed by atoms with Crippen LogP contribution < -0.4 is 0 Å². The molecule has 1 heterocycles. The van der Waals surface area contributed by atoms with Crippen molar-refractivity contribution in [2.75, 3.05) is 0 Å². The largest absolute Gasteiger partial charge is 0.456 e. The van der Waals surface area contributed by atoms with Crippen LogP contribution in [-0.4, -0.2) is 4.92 Å². The smallest absolute Gasteiger partial charge is 0.281 e. The van der Waals surface area contributed by atoms with E-state index in [0.29, 0.717) is 11.3 Å². The molecule has 0 atom stereocenters. The highest BCUT2D eigenvalue weighted by molar-refractivity contribution is 6.30. The Morgan fingerprint density at radius 2 is 1.92 bits per heavy atom. The highest BCUT2D eigenvalue weighted by Gasteiger charge is 2.18. The zero-order chi connectivity index (χ0) is 18.7. The minimum absolute atomic E-state index is 0.179. The van der Waals surface area contributed by atoms with Crippen molar-refractivity contribution in [3.05, 3.63) is 86.9 Å². The Morgan fingerprint density at radius 3 is 2.58 bits per heavy atom. The molecule has 26 heavy (non-hydrogen) atoms. The van der Waals surface area contributed by atoms with Crippen LogP contribution in [0.2, 0.25) is 5.02 Å². The standard InChI is InChI=1S/C19H10ClFN2O3/c20-14-3-7-17(18(10-14)23(24)25)19-8-6-16(26-19)9-13(11-22)12-1-4-15(21)5-2-12/h1-10H. The van der Waals surface area contributed by atoms with Gasteiger partial charge >= 0.3 is 0 Å². The van der Waals surface area contributed by atoms with E-state index in [9.17, 15) is 19.8 Å². The number of nitriles is 1. The Kier molecular flexibility index (Phi) is 4.83. The summed E-state index contributed by atoms with van der Waals surface area (Å²) in [5.41, 5.74) is 0.904. The van der Waals surface area contributed by atoms with E-state index >= 15 is 0 Å². The lowest BCUT2D eigenvalue weighted by atomic mass is 10.1. The number of rotatable bonds is 4. The average Bonchev–Trinajstić information content (AvgIpc) is 3.09. The molecular weight excluding hydrogens is 359 g/mol. The summed E-state index contributed by atoms with van der Waals surface area (Å²) >= 11 is 5.81. The summed E-state index contributed by atoms with van der Waals surface area (Å²) in [5, 5.41) is 20.8. The van der Waals surface area contributed by atoms with Crippen LogP contribution in [0.25, 0.3) is 23.0 Å². The maximum atomic E-state index is 13.0. The van der Waals surface area contributed by atoms with Gasteiger partial charge in [0.1, 0.15) is 17.3 Å². The van der Waals surface area contributed by atoms with E-state index in [1.165, 1.54) is 48.5 Å². The third kappa shape index (κ3) is 3.63. The number of allylic oxidation sites excluding steroid dienone is 1. The van der Waals surface area contributed by atoms with Gasteiger partial charge in [0, 0.05) is 11.1 Å². The number of furan rings is 1. The number of hydrogen-bond donors (Lipinski definition) is 0. The molecule has 5 nitrogen and oxygen atoms in total. The van der Waals surface area contributed by atoms with Gasteiger partial charge in [-0.25, -0.2) is 4.39 Å². The molecule has 3 rings (SSSR count). The van der Waals surface area contributed by atoms with Crippen molar-refractivity contribution < 1.29 is 13.7 Å². The van der Waals surface area contributed by atoms with Crippen molar-refractivity contribution in [3.63, 3.8) is 0 Å². The second-order valence-electron chi connectivity index (χ2n) is 5.30. The maximum absolute atomic E-state index is 13.0. The van der Waals surface area contributed by atoms with Crippen LogP contribution in [0.4, 0.5) is 10.1 Å². The molecule has 0 amide bonds. The lowest BCUT2D eigenvalue weighted by molar-refractivity contribution is -0.384. The van der Waals surface area contributed by atoms with E-state index in [-0.39, 0.29) is 27.6 Å². The molecule has 0 saturated carbocycles. The fourth-order valence-corrected chi connectivity index (χ4v) is 2.56. The zero-order valence-corrected chi connectivity index (χ0v) is 13.9. The molecule has 2 aromatic carbocycles. The molecule has 0 unspecified atom stereocenters. The zero-order valence-electron chi connectivity index (χ0n) is 13.1. The van der Waals surface area contributed by atoms with Gasteiger partial charge in [-0.15, -0.1) is 0 Å². The number of halogens is 2. The summed E-state index contributed by atoms with van der Waals surface area (Å²) < 4.78 is 18.6. The van der Waals surface area contributed by atoms with Crippen molar-refractivity contribution in [2.45, 2.75) is 0 Å². The Labute approximate surface area is 152 Å². The molecule has 0 fully saturated rings. The summed E-state index contributed by atoms with van der Waals surface area (Å²) in [4.78, 5) is 10.7. The molecule has 7 heteroatoms. The van der Waals surface area contributed by atoms with Gasteiger partial charge in [-0.05, 0) is 48.0 Å². The van der Waals surface area contributed by atoms with Gasteiger partial charge in [-0.3, -0.25) is 10.1 Å². The van der Waals surface area contributed by atoms with Gasteiger partial charge in [0.05, 0.1) is 22.1 Å². The van der Waals surface area contributed by atoms with E-state index in [1.54, 1.807) is 12.1 Å². The Hall–Kier alpha value is -3.43. The Balaban J connectivity index is 1.99. The average molecular weight is 369 g/mol. The SMILES string of the molecule is N#CC(=Cc1ccc(-c2ccc(Cl)cc2[N+](=O)[O-])o1)c1ccc(F)cc1. The van der Waals surface area contributed by atoms with Crippen LogP contribution in [0, 0.1) is 27.3 Å². The fraction of sp³-hybridized carbons (Fsp3) is 0. The second-order valence-corrected chi connectivity index (χ2v) is 5.73. The van der Waals surface area contributed by atoms with E-state index in [1.807, 2.05) is 6.07 Å². The van der Waals surface area contributed by atoms with E-state index in [0.717, 1.165) is 0 Å². The topological polar surface area (TPSA) is 80.1 Å². The Bertz CT molecular complexity index is 1050. The van der Waals surface area contributed by atoms with Gasteiger partial charge in [0.15, 0.2) is 0 Å². The minimum atomic E-state index is -0.543. The molecule has 0 aliphatic carbocycles. The monoisotopic (exact) mass is 368 g/mol. The van der Waals surface area contributed by atoms with Gasteiger partial charge < -0.3 is 4.42 Å². The van der Waals surface area contributed by atoms with Gasteiger partial charge in [0.25, 0.3) is 5.69 Å². The Morgan fingerprint density at radius 1 is 1.19 bits per heavy atom. The van der Waals surface area contributed by atoms with Crippen LogP contribution in [0.5, 0.6) is 0 Å². The van der Waals surface area contributed by atoms with Crippen LogP contribution in [0.15, 0.2) is 59.0 Å². The molecule has 0 N–H and O–H groups in total. The first-order chi connectivity index (χ1) is 12.5. The van der Waals surface area contributed by atoms with Gasteiger partial charge in [-0.1, -0.05) is 23.7 Å². The number of hydrogen-bond acceptors (Lipinski definition) is 4. The number of nitro benzene ring substituents is 1. The van der Waals surface area contributed by atoms with Gasteiger partial charge in [-0.2, -0.15) is 5.26 Å². The van der Waals surface area contributed by atoms with E-state index in [2.05, 4.69) is 0 Å². The highest BCUT2D eigenvalue weighted by atomic mass is 35.5. The molecule has 1 aromatic heterocycles. The predicted molar refractivity (Wildman–Crippen MR) is 95.7 cm³/mol. The first-order valence-electron chi connectivity index (χ1n) is 7.40. The molecular formula is C19H10ClFN2O3. The summed E-state index contributed by atoms with van der Waals surface area (Å²) in [6, 6.07) is 14.9. The molecule has 0 saturated heterocycles. The number of nitro groups is 1. The third-order valence-electron chi connectivity index (χ3n) is 3.61. The quantitative estimate of drug-likeness (QED) is 0.335. The lowest BCUT2D eigenvalue weighted by Gasteiger charge is -2.01. The first-order valence-corrected chi connectivity index (χ1v) is 7.77. The van der Waals surface area contributed by atoms with Crippen molar-refractivity contribution >= 4 is 28.9 Å². The minimum Gasteiger partial charge on any atom is -0.456 e. The number of nitrogens with zero attached hydrogens (tertiary/aromatic N) is 2. The summed E-state index contributed by atoms with van der Waals surface area (Å²) in [6.07, 6.45) is 1.48. The second kappa shape index (κ2) is 7.21. The fourth-order valence-electron chi connectivity index (χ4n) is 2.39. The van der Waals surface area contributed by atoms with Crippen molar-refractivity contribution in [3.8, 4) is 17.4 Å². The molecule has 0 spiro atoms. The summed E-state index contributed by atoms with van der Waals surface area (Å²) in [7, 11) is 0. The summed E-state index contributed by atoms with van der Waals surface area (Å²) in [6.45, 7) is 0. The highest BCUT2D eigenvalue weighted by Crippen LogP contribution is 2.34. The maximum Gasteiger partial charge on any atom is 0.281 e. The van der Waals surface area contributed by atoms with Crippen molar-refractivity contribution in [1.29, 1.82) is 5.26 Å². The predicted octanol–water partition coefficient (Wildman–Crippen LogP) is 5.71. The van der Waals surface area contributed by atoms with Crippen LogP contribution in [0.3, 0.4) is 0 Å². The third-order valence-corrected chi connectivity index (χ3v) is 3.85. The summed E-state index contributed by atoms with van der Waals surface area (Å²) in [5.74, 6) is 0.211. The van der Waals surface area contributed by atoms with Crippen LogP contribution in [0.1, 0.15) is 11.3 Å². The molecule has 0 bridgehead atoms. The van der Waals surface area contributed by atoms with Crippen LogP contribution in [-0.2, 0) is 0 Å². The molecule has 128 valence electrons. The molecule has 0 radical (unpaired) electrons. The normalized spacial score (nSPS) is 11.2. The van der Waals surface area contributed by atoms with Crippen LogP contribution >= 0.6 is 11.6 Å². The number of benzene rings is 2. The lowest BCUT2D eigenvalue weighted by Crippen LogP contribution is -1.91. The first kappa shape index (κ1) is 17.4. The molecule has 0 aliphatic heterocycles. The molecule has 0 aliphatic rings. The van der Waals surface area contributed by atoms with Gasteiger partial charge in [0.2, 0.25) is 0 Å². The molecule has 3 aromatic rings. The van der Waals surface area contributed by atoms with E-state index in [4.69, 9.17) is 16.0 Å². The van der Waals surface area contributed by atoms with Crippen molar-refractivity contribution in [1.82, 2.24) is 0 Å². The van der Waals surface area contributed by atoms with E-state index < -0.39 is 10.7 Å². The van der Waals surface area contributed by atoms with Crippen molar-refractivity contribution in [2.24, 2.45) is 0 Å².